The maximum Gasteiger partial charge on any atom is 0.416 e. The second kappa shape index (κ2) is 8.19. The van der Waals surface area contributed by atoms with Crippen LogP contribution in [0.5, 0.6) is 0 Å². The molecule has 6 nitrogen and oxygen atoms in total. The second-order valence-electron chi connectivity index (χ2n) is 6.43. The van der Waals surface area contributed by atoms with Gasteiger partial charge in [0.15, 0.2) is 5.65 Å². The molecule has 2 N–H and O–H groups in total. The number of aromatic nitrogens is 3. The van der Waals surface area contributed by atoms with E-state index in [1.54, 1.807) is 12.3 Å². The number of hydrogen-bond donors (Lipinski definition) is 2. The van der Waals surface area contributed by atoms with E-state index >= 15 is 0 Å². The van der Waals surface area contributed by atoms with Crippen LogP contribution >= 0.6 is 11.6 Å². The molecule has 0 aliphatic rings. The summed E-state index contributed by atoms with van der Waals surface area (Å²) in [4.78, 5) is 25.3. The lowest BCUT2D eigenvalue weighted by atomic mass is 10.2. The minimum atomic E-state index is -4.53. The van der Waals surface area contributed by atoms with Gasteiger partial charge in [0.1, 0.15) is 11.3 Å². The predicted molar refractivity (Wildman–Crippen MR) is 112 cm³/mol. The highest BCUT2D eigenvalue weighted by molar-refractivity contribution is 6.33. The van der Waals surface area contributed by atoms with Crippen LogP contribution in [0.4, 0.5) is 29.5 Å². The summed E-state index contributed by atoms with van der Waals surface area (Å²) >= 11 is 5.86. The zero-order valence-electron chi connectivity index (χ0n) is 15.6. The van der Waals surface area contributed by atoms with Crippen LogP contribution in [0, 0.1) is 0 Å². The average molecular weight is 444 g/mol. The Kier molecular flexibility index (Phi) is 5.43. The molecule has 2 amide bonds. The number of nitrogens with zero attached hydrogens (tertiary/aromatic N) is 3. The summed E-state index contributed by atoms with van der Waals surface area (Å²) in [6.45, 7) is 0. The van der Waals surface area contributed by atoms with Crippen LogP contribution in [-0.2, 0) is 6.18 Å². The quantitative estimate of drug-likeness (QED) is 0.406. The van der Waals surface area contributed by atoms with Gasteiger partial charge in [-0.2, -0.15) is 13.2 Å². The van der Waals surface area contributed by atoms with Crippen molar-refractivity contribution in [3.05, 3.63) is 77.4 Å². The Bertz CT molecular complexity index is 1270. The number of carbonyl (C=O) groups excluding carboxylic acids is 1. The second-order valence-corrected chi connectivity index (χ2v) is 6.84. The molecule has 0 saturated heterocycles. The summed E-state index contributed by atoms with van der Waals surface area (Å²) in [6, 6.07) is 14.5. The van der Waals surface area contributed by atoms with Gasteiger partial charge < -0.3 is 5.32 Å². The first-order valence-corrected chi connectivity index (χ1v) is 9.31. The van der Waals surface area contributed by atoms with E-state index in [4.69, 9.17) is 11.6 Å². The molecule has 0 spiro atoms. The third-order valence-electron chi connectivity index (χ3n) is 4.26. The zero-order chi connectivity index (χ0) is 22.0. The summed E-state index contributed by atoms with van der Waals surface area (Å²) in [5.74, 6) is 0.188. The Hall–Kier alpha value is -3.72. The minimum absolute atomic E-state index is 0.0270. The number of halogens is 4. The number of rotatable bonds is 3. The maximum absolute atomic E-state index is 12.7. The lowest BCUT2D eigenvalue weighted by Crippen LogP contribution is -2.20. The standard InChI is InChI=1S/C21H13ClF3N5O/c22-14-10-13(21(23,24)25)6-7-15(14)28-20(31)30-18-9-8-16-19(29-18)27-17(11-26-16)12-4-2-1-3-5-12/h1-11H,(H2,27,28,29,30,31). The molecule has 0 unspecified atom stereocenters. The lowest BCUT2D eigenvalue weighted by Gasteiger charge is -2.11. The summed E-state index contributed by atoms with van der Waals surface area (Å²) in [6.07, 6.45) is -2.90. The van der Waals surface area contributed by atoms with Gasteiger partial charge >= 0.3 is 12.2 Å². The predicted octanol–water partition coefficient (Wildman–Crippen LogP) is 6.01. The van der Waals surface area contributed by atoms with Gasteiger partial charge in [-0.25, -0.2) is 14.8 Å². The molecule has 0 radical (unpaired) electrons. The van der Waals surface area contributed by atoms with Gasteiger partial charge in [0.2, 0.25) is 0 Å². The van der Waals surface area contributed by atoms with E-state index in [1.807, 2.05) is 30.3 Å². The number of amides is 2. The highest BCUT2D eigenvalue weighted by atomic mass is 35.5. The van der Waals surface area contributed by atoms with E-state index in [9.17, 15) is 18.0 Å². The molecule has 2 aromatic heterocycles. The van der Waals surface area contributed by atoms with Gasteiger partial charge in [0.25, 0.3) is 0 Å². The number of carbonyl (C=O) groups is 1. The monoisotopic (exact) mass is 443 g/mol. The molecule has 10 heteroatoms. The van der Waals surface area contributed by atoms with Crippen LogP contribution in [-0.4, -0.2) is 21.0 Å². The number of hydrogen-bond acceptors (Lipinski definition) is 4. The third-order valence-corrected chi connectivity index (χ3v) is 4.58. The molecule has 0 saturated carbocycles. The van der Waals surface area contributed by atoms with Crippen molar-refractivity contribution in [1.29, 1.82) is 0 Å². The number of fused-ring (bicyclic) bond motifs is 1. The van der Waals surface area contributed by atoms with Crippen LogP contribution < -0.4 is 10.6 Å². The van der Waals surface area contributed by atoms with Crippen molar-refractivity contribution in [2.75, 3.05) is 10.6 Å². The summed E-state index contributed by atoms with van der Waals surface area (Å²) in [5.41, 5.74) is 1.47. The number of pyridine rings is 1. The Labute approximate surface area is 179 Å². The molecule has 0 bridgehead atoms. The van der Waals surface area contributed by atoms with Crippen molar-refractivity contribution in [2.45, 2.75) is 6.18 Å². The van der Waals surface area contributed by atoms with E-state index < -0.39 is 17.8 Å². The van der Waals surface area contributed by atoms with Gasteiger partial charge in [-0.05, 0) is 30.3 Å². The zero-order valence-corrected chi connectivity index (χ0v) is 16.4. The van der Waals surface area contributed by atoms with Crippen LogP contribution in [0.2, 0.25) is 5.02 Å². The lowest BCUT2D eigenvalue weighted by molar-refractivity contribution is -0.137. The highest BCUT2D eigenvalue weighted by Gasteiger charge is 2.31. The van der Waals surface area contributed by atoms with Crippen molar-refractivity contribution >= 4 is 40.3 Å². The Morgan fingerprint density at radius 2 is 1.71 bits per heavy atom. The molecule has 2 aromatic carbocycles. The fourth-order valence-corrected chi connectivity index (χ4v) is 3.01. The molecule has 0 aliphatic heterocycles. The highest BCUT2D eigenvalue weighted by Crippen LogP contribution is 2.33. The van der Waals surface area contributed by atoms with Gasteiger partial charge in [-0.15, -0.1) is 0 Å². The molecule has 0 atom stereocenters. The number of urea groups is 1. The molecule has 31 heavy (non-hydrogen) atoms. The first-order valence-electron chi connectivity index (χ1n) is 8.93. The SMILES string of the molecule is O=C(Nc1ccc2ncc(-c3ccccc3)nc2n1)Nc1ccc(C(F)(F)F)cc1Cl. The molecular weight excluding hydrogens is 431 g/mol. The van der Waals surface area contributed by atoms with Crippen molar-refractivity contribution in [3.8, 4) is 11.3 Å². The van der Waals surface area contributed by atoms with Crippen LogP contribution in [0.1, 0.15) is 5.56 Å². The first kappa shape index (κ1) is 20.5. The van der Waals surface area contributed by atoms with E-state index in [0.29, 0.717) is 16.9 Å². The van der Waals surface area contributed by atoms with Crippen molar-refractivity contribution < 1.29 is 18.0 Å². The molecule has 0 fully saturated rings. The van der Waals surface area contributed by atoms with Crippen molar-refractivity contribution in [3.63, 3.8) is 0 Å². The van der Waals surface area contributed by atoms with Crippen LogP contribution in [0.15, 0.2) is 66.9 Å². The Morgan fingerprint density at radius 1 is 0.935 bits per heavy atom. The molecule has 4 aromatic rings. The maximum atomic E-state index is 12.7. The topological polar surface area (TPSA) is 79.8 Å². The van der Waals surface area contributed by atoms with Gasteiger partial charge in [0.05, 0.1) is 28.2 Å². The molecule has 2 heterocycles. The summed E-state index contributed by atoms with van der Waals surface area (Å²) < 4.78 is 38.2. The number of anilines is 2. The van der Waals surface area contributed by atoms with Gasteiger partial charge in [-0.3, -0.25) is 10.3 Å². The van der Waals surface area contributed by atoms with Crippen LogP contribution in [0.25, 0.3) is 22.4 Å². The van der Waals surface area contributed by atoms with E-state index in [2.05, 4.69) is 25.6 Å². The smallest absolute Gasteiger partial charge is 0.306 e. The number of nitrogens with one attached hydrogen (secondary N) is 2. The average Bonchev–Trinajstić information content (AvgIpc) is 2.74. The van der Waals surface area contributed by atoms with Gasteiger partial charge in [0, 0.05) is 5.56 Å². The van der Waals surface area contributed by atoms with E-state index in [0.717, 1.165) is 23.8 Å². The minimum Gasteiger partial charge on any atom is -0.306 e. The summed E-state index contributed by atoms with van der Waals surface area (Å²) in [5, 5.41) is 4.66. The van der Waals surface area contributed by atoms with Crippen molar-refractivity contribution in [1.82, 2.24) is 15.0 Å². The molecular formula is C21H13ClF3N5O. The third kappa shape index (κ3) is 4.72. The largest absolute Gasteiger partial charge is 0.416 e. The van der Waals surface area contributed by atoms with Crippen LogP contribution in [0.3, 0.4) is 0 Å². The normalized spacial score (nSPS) is 11.4. The fourth-order valence-electron chi connectivity index (χ4n) is 2.78. The van der Waals surface area contributed by atoms with E-state index in [1.165, 1.54) is 6.07 Å². The fraction of sp³-hybridized carbons (Fsp3) is 0.0476. The Balaban J connectivity index is 1.52. The van der Waals surface area contributed by atoms with E-state index in [-0.39, 0.29) is 16.5 Å². The number of alkyl halides is 3. The summed E-state index contributed by atoms with van der Waals surface area (Å²) in [7, 11) is 0. The first-order chi connectivity index (χ1) is 14.8. The van der Waals surface area contributed by atoms with Crippen molar-refractivity contribution in [2.24, 2.45) is 0 Å². The molecule has 4 rings (SSSR count). The molecule has 156 valence electrons. The number of benzene rings is 2. The molecule has 0 aliphatic carbocycles. The van der Waals surface area contributed by atoms with Gasteiger partial charge in [-0.1, -0.05) is 41.9 Å². The Morgan fingerprint density at radius 3 is 2.42 bits per heavy atom.